The van der Waals surface area contributed by atoms with Crippen LogP contribution in [0, 0.1) is 0 Å². The maximum absolute atomic E-state index is 5.43. The second-order valence-electron chi connectivity index (χ2n) is 8.73. The van der Waals surface area contributed by atoms with Gasteiger partial charge in [0.2, 0.25) is 5.95 Å². The first-order valence-corrected chi connectivity index (χ1v) is 11.1. The lowest BCUT2D eigenvalue weighted by Gasteiger charge is -2.25. The summed E-state index contributed by atoms with van der Waals surface area (Å²) in [5, 5.41) is 8.02. The SMILES string of the molecule is CC1=Nc2ncc(-c3c[nH]c4nc(NC5CCOCC5)ncc34)cc2C[C@@H]1NC(C)C. The predicted octanol–water partition coefficient (Wildman–Crippen LogP) is 3.63. The minimum atomic E-state index is 0.245. The highest BCUT2D eigenvalue weighted by atomic mass is 16.5. The van der Waals surface area contributed by atoms with Crippen molar-refractivity contribution >= 4 is 28.5 Å². The van der Waals surface area contributed by atoms with Crippen LogP contribution in [0.1, 0.15) is 39.2 Å². The summed E-state index contributed by atoms with van der Waals surface area (Å²) in [6, 6.07) is 3.21. The van der Waals surface area contributed by atoms with Crippen molar-refractivity contribution in [3.05, 3.63) is 30.2 Å². The number of nitrogens with zero attached hydrogens (tertiary/aromatic N) is 4. The highest BCUT2D eigenvalue weighted by Gasteiger charge is 2.23. The van der Waals surface area contributed by atoms with Gasteiger partial charge in [0.1, 0.15) is 5.65 Å². The van der Waals surface area contributed by atoms with Crippen LogP contribution in [0.5, 0.6) is 0 Å². The van der Waals surface area contributed by atoms with Crippen molar-refractivity contribution in [2.24, 2.45) is 4.99 Å². The molecule has 1 saturated heterocycles. The van der Waals surface area contributed by atoms with E-state index < -0.39 is 0 Å². The van der Waals surface area contributed by atoms with Crippen molar-refractivity contribution in [2.75, 3.05) is 18.5 Å². The maximum Gasteiger partial charge on any atom is 0.224 e. The monoisotopic (exact) mass is 419 g/mol. The molecule has 0 aromatic carbocycles. The van der Waals surface area contributed by atoms with Crippen LogP contribution >= 0.6 is 0 Å². The molecule has 0 bridgehead atoms. The average Bonchev–Trinajstić information content (AvgIpc) is 3.18. The Morgan fingerprint density at radius 2 is 2.00 bits per heavy atom. The molecule has 3 aromatic rings. The molecule has 31 heavy (non-hydrogen) atoms. The summed E-state index contributed by atoms with van der Waals surface area (Å²) in [6.07, 6.45) is 8.62. The molecule has 1 atom stereocenters. The number of ether oxygens (including phenoxy) is 1. The van der Waals surface area contributed by atoms with Gasteiger partial charge in [0.05, 0.1) is 0 Å². The molecule has 1 fully saturated rings. The molecule has 2 aliphatic heterocycles. The van der Waals surface area contributed by atoms with E-state index >= 15 is 0 Å². The van der Waals surface area contributed by atoms with Gasteiger partial charge in [0.15, 0.2) is 5.82 Å². The molecule has 0 aliphatic carbocycles. The average molecular weight is 420 g/mol. The molecule has 3 N–H and O–H groups in total. The molecular weight excluding hydrogens is 390 g/mol. The number of hydrogen-bond acceptors (Lipinski definition) is 7. The lowest BCUT2D eigenvalue weighted by atomic mass is 9.96. The Hall–Kier alpha value is -2.84. The van der Waals surface area contributed by atoms with E-state index in [1.54, 1.807) is 0 Å². The summed E-state index contributed by atoms with van der Waals surface area (Å²) >= 11 is 0. The van der Waals surface area contributed by atoms with Crippen molar-refractivity contribution in [1.29, 1.82) is 0 Å². The Morgan fingerprint density at radius 3 is 2.81 bits per heavy atom. The molecule has 162 valence electrons. The number of pyridine rings is 1. The molecule has 8 heteroatoms. The van der Waals surface area contributed by atoms with Crippen LogP contribution in [0.15, 0.2) is 29.6 Å². The van der Waals surface area contributed by atoms with E-state index in [9.17, 15) is 0 Å². The zero-order valence-electron chi connectivity index (χ0n) is 18.3. The fraction of sp³-hybridized carbons (Fsp3) is 0.478. The molecule has 0 spiro atoms. The minimum absolute atomic E-state index is 0.245. The Balaban J connectivity index is 1.41. The molecule has 8 nitrogen and oxygen atoms in total. The molecule has 0 amide bonds. The first kappa shape index (κ1) is 20.1. The highest BCUT2D eigenvalue weighted by molar-refractivity contribution is 5.95. The van der Waals surface area contributed by atoms with Gasteiger partial charge in [0, 0.05) is 72.2 Å². The third kappa shape index (κ3) is 4.18. The number of anilines is 1. The van der Waals surface area contributed by atoms with E-state index in [2.05, 4.69) is 57.4 Å². The van der Waals surface area contributed by atoms with Crippen molar-refractivity contribution in [2.45, 2.75) is 58.2 Å². The normalized spacial score (nSPS) is 19.5. The van der Waals surface area contributed by atoms with Crippen LogP contribution in [0.4, 0.5) is 11.8 Å². The second kappa shape index (κ2) is 8.36. The van der Waals surface area contributed by atoms with E-state index in [4.69, 9.17) is 9.73 Å². The van der Waals surface area contributed by atoms with Crippen molar-refractivity contribution in [3.63, 3.8) is 0 Å². The van der Waals surface area contributed by atoms with Gasteiger partial charge >= 0.3 is 0 Å². The number of aliphatic imine (C=N–C) groups is 1. The highest BCUT2D eigenvalue weighted by Crippen LogP contribution is 2.32. The molecule has 3 aromatic heterocycles. The number of fused-ring (bicyclic) bond motifs is 2. The summed E-state index contributed by atoms with van der Waals surface area (Å²) in [4.78, 5) is 21.9. The lowest BCUT2D eigenvalue weighted by Crippen LogP contribution is -2.42. The van der Waals surface area contributed by atoms with Gasteiger partial charge in [-0.2, -0.15) is 4.98 Å². The van der Waals surface area contributed by atoms with E-state index in [0.29, 0.717) is 18.0 Å². The molecule has 0 saturated carbocycles. The fourth-order valence-corrected chi connectivity index (χ4v) is 4.34. The maximum atomic E-state index is 5.43. The standard InChI is InChI=1S/C23H29N7O/c1-13(2)27-20-9-15-8-16(10-24-21(15)28-14(20)3)18-11-25-22-19(18)12-26-23(30-22)29-17-4-6-31-7-5-17/h8,10-13,17,20,27H,4-7,9H2,1-3H3,(H2,25,26,29,30)/t20-/m0/s1. The van der Waals surface area contributed by atoms with E-state index in [1.807, 2.05) is 18.6 Å². The topological polar surface area (TPSA) is 100 Å². The number of rotatable bonds is 5. The molecule has 0 unspecified atom stereocenters. The summed E-state index contributed by atoms with van der Waals surface area (Å²) in [6.45, 7) is 7.97. The van der Waals surface area contributed by atoms with E-state index in [0.717, 1.165) is 71.7 Å². The summed E-state index contributed by atoms with van der Waals surface area (Å²) < 4.78 is 5.43. The van der Waals surface area contributed by atoms with Crippen molar-refractivity contribution in [3.8, 4) is 11.1 Å². The van der Waals surface area contributed by atoms with Gasteiger partial charge in [-0.05, 0) is 37.8 Å². The predicted molar refractivity (Wildman–Crippen MR) is 123 cm³/mol. The van der Waals surface area contributed by atoms with Crippen molar-refractivity contribution < 1.29 is 4.74 Å². The Morgan fingerprint density at radius 1 is 1.16 bits per heavy atom. The Bertz CT molecular complexity index is 1110. The fourth-order valence-electron chi connectivity index (χ4n) is 4.34. The summed E-state index contributed by atoms with van der Waals surface area (Å²) in [5.41, 5.74) is 5.19. The third-order valence-electron chi connectivity index (χ3n) is 5.99. The minimum Gasteiger partial charge on any atom is -0.381 e. The number of hydrogen-bond donors (Lipinski definition) is 3. The first-order chi connectivity index (χ1) is 15.1. The van der Waals surface area contributed by atoms with E-state index in [1.165, 1.54) is 0 Å². The Labute approximate surface area is 182 Å². The number of nitrogens with one attached hydrogen (secondary N) is 3. The first-order valence-electron chi connectivity index (χ1n) is 11.1. The van der Waals surface area contributed by atoms with Crippen LogP contribution in [0.3, 0.4) is 0 Å². The quantitative estimate of drug-likeness (QED) is 0.584. The lowest BCUT2D eigenvalue weighted by molar-refractivity contribution is 0.0903. The van der Waals surface area contributed by atoms with Gasteiger partial charge in [-0.25, -0.2) is 15.0 Å². The number of aromatic nitrogens is 4. The zero-order valence-corrected chi connectivity index (χ0v) is 18.3. The summed E-state index contributed by atoms with van der Waals surface area (Å²) in [7, 11) is 0. The molecule has 0 radical (unpaired) electrons. The van der Waals surface area contributed by atoms with Gasteiger partial charge in [0.25, 0.3) is 0 Å². The van der Waals surface area contributed by atoms with Crippen LogP contribution in [-0.2, 0) is 11.2 Å². The van der Waals surface area contributed by atoms with Gasteiger partial charge < -0.3 is 20.4 Å². The smallest absolute Gasteiger partial charge is 0.224 e. The van der Waals surface area contributed by atoms with E-state index in [-0.39, 0.29) is 6.04 Å². The van der Waals surface area contributed by atoms with Crippen molar-refractivity contribution in [1.82, 2.24) is 25.3 Å². The number of aromatic amines is 1. The summed E-state index contributed by atoms with van der Waals surface area (Å²) in [5.74, 6) is 1.48. The molecule has 5 heterocycles. The van der Waals surface area contributed by atoms with Crippen LogP contribution in [0.2, 0.25) is 0 Å². The van der Waals surface area contributed by atoms with Gasteiger partial charge in [-0.3, -0.25) is 0 Å². The Kier molecular flexibility index (Phi) is 5.41. The largest absolute Gasteiger partial charge is 0.381 e. The third-order valence-corrected chi connectivity index (χ3v) is 5.99. The van der Waals surface area contributed by atoms with Crippen LogP contribution in [0.25, 0.3) is 22.2 Å². The molecular formula is C23H29N7O. The number of H-pyrrole nitrogens is 1. The van der Waals surface area contributed by atoms with Crippen LogP contribution < -0.4 is 10.6 Å². The molecule has 2 aliphatic rings. The van der Waals surface area contributed by atoms with Gasteiger partial charge in [-0.15, -0.1) is 0 Å². The van der Waals surface area contributed by atoms with Crippen LogP contribution in [-0.4, -0.2) is 57.0 Å². The zero-order chi connectivity index (χ0) is 21.4. The second-order valence-corrected chi connectivity index (χ2v) is 8.73. The van der Waals surface area contributed by atoms with Gasteiger partial charge in [-0.1, -0.05) is 13.8 Å². The molecule has 5 rings (SSSR count).